The van der Waals surface area contributed by atoms with E-state index in [2.05, 4.69) is 92.5 Å². The maximum Gasteiger partial charge on any atom is 0.194 e. The number of hydrogen-bond donors (Lipinski definition) is 0. The van der Waals surface area contributed by atoms with Crippen molar-refractivity contribution in [1.82, 2.24) is 9.97 Å². The number of ketones is 1. The maximum absolute atomic E-state index is 12.4. The molecular formula is C43H34IrN2O-2. The molecule has 2 aromatic heterocycles. The summed E-state index contributed by atoms with van der Waals surface area (Å²) in [6.07, 6.45) is 1.64. The average Bonchev–Trinajstić information content (AvgIpc) is 3.12. The molecule has 0 fully saturated rings. The normalized spacial score (nSPS) is 10.8. The Labute approximate surface area is 290 Å². The molecule has 0 saturated heterocycles. The van der Waals surface area contributed by atoms with Crippen LogP contribution in [0.5, 0.6) is 0 Å². The van der Waals surface area contributed by atoms with Crippen molar-refractivity contribution in [1.29, 1.82) is 0 Å². The van der Waals surface area contributed by atoms with Gasteiger partial charge in [-0.2, -0.15) is 0 Å². The van der Waals surface area contributed by atoms with Gasteiger partial charge >= 0.3 is 0 Å². The standard InChI is InChI=1S/C22H20NO.C21H14N.Ir/c1-22(2,3)19-12-9-16(10-13-19)20-14-11-18(15-23-20)21(24)17-7-5-4-6-8-17;1-3-9-16(10-4-1)19-15-21(17-11-5-2-6-12-17)22-20-14-8-7-13-18(19)20;/h4-9,11-15H,1-3H3;1-11,13-15H;/q2*-1;. The fourth-order valence-corrected chi connectivity index (χ4v) is 5.22. The van der Waals surface area contributed by atoms with Crippen molar-refractivity contribution < 1.29 is 24.9 Å². The van der Waals surface area contributed by atoms with Crippen LogP contribution in [-0.2, 0) is 25.5 Å². The van der Waals surface area contributed by atoms with E-state index in [1.54, 1.807) is 6.20 Å². The van der Waals surface area contributed by atoms with E-state index in [4.69, 9.17) is 4.98 Å². The van der Waals surface area contributed by atoms with Crippen LogP contribution in [0.25, 0.3) is 44.5 Å². The smallest absolute Gasteiger partial charge is 0.194 e. The van der Waals surface area contributed by atoms with Crippen LogP contribution in [0.15, 0.2) is 152 Å². The summed E-state index contributed by atoms with van der Waals surface area (Å²) in [7, 11) is 0. The molecule has 0 bridgehead atoms. The molecule has 0 spiro atoms. The molecule has 7 aromatic rings. The number of para-hydroxylation sites is 1. The number of fused-ring (bicyclic) bond motifs is 1. The number of pyridine rings is 2. The van der Waals surface area contributed by atoms with Crippen LogP contribution in [0.4, 0.5) is 0 Å². The fraction of sp³-hybridized carbons (Fsp3) is 0.0930. The Morgan fingerprint density at radius 2 is 1.32 bits per heavy atom. The van der Waals surface area contributed by atoms with E-state index in [0.717, 1.165) is 28.0 Å². The summed E-state index contributed by atoms with van der Waals surface area (Å²) in [5, 5.41) is 1.17. The molecule has 4 heteroatoms. The fourth-order valence-electron chi connectivity index (χ4n) is 5.22. The van der Waals surface area contributed by atoms with Crippen LogP contribution in [0.1, 0.15) is 42.3 Å². The van der Waals surface area contributed by atoms with Gasteiger partial charge in [0.15, 0.2) is 5.78 Å². The number of benzene rings is 5. The summed E-state index contributed by atoms with van der Waals surface area (Å²) >= 11 is 0. The summed E-state index contributed by atoms with van der Waals surface area (Å²) < 4.78 is 0. The molecular weight excluding hydrogens is 753 g/mol. The van der Waals surface area contributed by atoms with Crippen LogP contribution < -0.4 is 0 Å². The van der Waals surface area contributed by atoms with Crippen molar-refractivity contribution in [2.45, 2.75) is 26.2 Å². The minimum atomic E-state index is -0.0123. The largest absolute Gasteiger partial charge is 0.304 e. The van der Waals surface area contributed by atoms with Crippen LogP contribution in [0.3, 0.4) is 0 Å². The number of carbonyl (C=O) groups is 1. The van der Waals surface area contributed by atoms with Gasteiger partial charge in [-0.25, -0.2) is 0 Å². The Morgan fingerprint density at radius 1 is 0.638 bits per heavy atom. The quantitative estimate of drug-likeness (QED) is 0.129. The Kier molecular flexibility index (Phi) is 10.7. The molecule has 0 amide bonds. The van der Waals surface area contributed by atoms with Crippen molar-refractivity contribution >= 4 is 16.7 Å². The van der Waals surface area contributed by atoms with E-state index in [9.17, 15) is 4.79 Å². The third-order valence-electron chi connectivity index (χ3n) is 7.80. The molecule has 2 heterocycles. The van der Waals surface area contributed by atoms with Crippen molar-refractivity contribution in [3.63, 3.8) is 0 Å². The number of nitrogens with zero attached hydrogens (tertiary/aromatic N) is 2. The van der Waals surface area contributed by atoms with Crippen LogP contribution in [0, 0.1) is 12.1 Å². The summed E-state index contributed by atoms with van der Waals surface area (Å²) in [6, 6.07) is 54.5. The number of hydrogen-bond acceptors (Lipinski definition) is 3. The van der Waals surface area contributed by atoms with Crippen molar-refractivity contribution in [3.8, 4) is 33.6 Å². The van der Waals surface area contributed by atoms with E-state index >= 15 is 0 Å². The van der Waals surface area contributed by atoms with E-state index in [1.165, 1.54) is 22.1 Å². The molecule has 0 aliphatic heterocycles. The molecule has 3 nitrogen and oxygen atoms in total. The predicted molar refractivity (Wildman–Crippen MR) is 189 cm³/mol. The van der Waals surface area contributed by atoms with Crippen LogP contribution >= 0.6 is 0 Å². The number of rotatable bonds is 5. The molecule has 0 aliphatic carbocycles. The molecule has 0 unspecified atom stereocenters. The Balaban J connectivity index is 0.000000181. The molecule has 5 aromatic carbocycles. The zero-order chi connectivity index (χ0) is 31.9. The van der Waals surface area contributed by atoms with Gasteiger partial charge in [0.25, 0.3) is 0 Å². The van der Waals surface area contributed by atoms with Gasteiger partial charge in [-0.05, 0) is 34.0 Å². The minimum Gasteiger partial charge on any atom is -0.304 e. The topological polar surface area (TPSA) is 42.9 Å². The van der Waals surface area contributed by atoms with Gasteiger partial charge in [-0.3, -0.25) is 9.78 Å². The molecule has 0 saturated carbocycles. The number of aromatic nitrogens is 2. The van der Waals surface area contributed by atoms with Crippen molar-refractivity contribution in [2.75, 3.05) is 0 Å². The van der Waals surface area contributed by atoms with E-state index < -0.39 is 0 Å². The third kappa shape index (κ3) is 8.04. The third-order valence-corrected chi connectivity index (χ3v) is 7.80. The Bertz CT molecular complexity index is 2050. The van der Waals surface area contributed by atoms with Crippen molar-refractivity contribution in [2.24, 2.45) is 0 Å². The van der Waals surface area contributed by atoms with Gasteiger partial charge in [0.2, 0.25) is 0 Å². The zero-order valence-corrected chi connectivity index (χ0v) is 29.0. The Hall–Kier alpha value is -5.02. The van der Waals surface area contributed by atoms with E-state index in [0.29, 0.717) is 11.1 Å². The van der Waals surface area contributed by atoms with Gasteiger partial charge in [0.05, 0.1) is 5.52 Å². The van der Waals surface area contributed by atoms with Crippen LogP contribution in [0.2, 0.25) is 0 Å². The first-order chi connectivity index (χ1) is 22.4. The van der Waals surface area contributed by atoms with Gasteiger partial charge in [-0.15, -0.1) is 71.3 Å². The first-order valence-electron chi connectivity index (χ1n) is 15.4. The summed E-state index contributed by atoms with van der Waals surface area (Å²) in [6.45, 7) is 6.54. The second-order valence-corrected chi connectivity index (χ2v) is 12.1. The summed E-state index contributed by atoms with van der Waals surface area (Å²) in [4.78, 5) is 21.6. The van der Waals surface area contributed by atoms with Gasteiger partial charge in [-0.1, -0.05) is 118 Å². The monoisotopic (exact) mass is 787 g/mol. The molecule has 1 radical (unpaired) electrons. The van der Waals surface area contributed by atoms with Gasteiger partial charge < -0.3 is 4.98 Å². The summed E-state index contributed by atoms with van der Waals surface area (Å²) in [5.41, 5.74) is 9.76. The van der Waals surface area contributed by atoms with Gasteiger partial charge in [0.1, 0.15) is 0 Å². The molecule has 7 rings (SSSR count). The first kappa shape index (κ1) is 33.3. The average molecular weight is 787 g/mol. The molecule has 0 N–H and O–H groups in total. The molecule has 233 valence electrons. The van der Waals surface area contributed by atoms with Gasteiger partial charge in [0, 0.05) is 42.8 Å². The zero-order valence-electron chi connectivity index (χ0n) is 26.6. The second-order valence-electron chi connectivity index (χ2n) is 12.1. The van der Waals surface area contributed by atoms with Crippen molar-refractivity contribution in [3.05, 3.63) is 181 Å². The minimum absolute atomic E-state index is 0. The molecule has 47 heavy (non-hydrogen) atoms. The van der Waals surface area contributed by atoms with E-state index in [1.807, 2.05) is 91.0 Å². The molecule has 0 aliphatic rings. The SMILES string of the molecule is CC(C)(C)c1c[c-]c(-c2ccc(C(=O)c3ccccc3)cn2)cc1.[Ir].[c-]1ccccc1-c1cc(-c2ccccc2)c2ccccc2n1. The predicted octanol–water partition coefficient (Wildman–Crippen LogP) is 10.4. The first-order valence-corrected chi connectivity index (χ1v) is 15.4. The van der Waals surface area contributed by atoms with E-state index in [-0.39, 0.29) is 31.3 Å². The second kappa shape index (κ2) is 15.0. The maximum atomic E-state index is 12.4. The Morgan fingerprint density at radius 3 is 1.96 bits per heavy atom. The number of carbonyl (C=O) groups excluding carboxylic acids is 1. The summed E-state index contributed by atoms with van der Waals surface area (Å²) in [5.74, 6) is -0.0123. The van der Waals surface area contributed by atoms with Crippen LogP contribution in [-0.4, -0.2) is 15.8 Å². The molecule has 0 atom stereocenters.